The summed E-state index contributed by atoms with van der Waals surface area (Å²) in [5, 5.41) is 9.73. The lowest BCUT2D eigenvalue weighted by Crippen LogP contribution is -2.35. The lowest BCUT2D eigenvalue weighted by atomic mass is 10.2. The maximum atomic E-state index is 12.4. The van der Waals surface area contributed by atoms with Crippen LogP contribution >= 0.6 is 23.4 Å². The second-order valence-electron chi connectivity index (χ2n) is 8.36. The maximum Gasteiger partial charge on any atom is 0.353 e. The summed E-state index contributed by atoms with van der Waals surface area (Å²) in [4.78, 5) is 50.7. The van der Waals surface area contributed by atoms with Gasteiger partial charge in [-0.05, 0) is 57.4 Å². The van der Waals surface area contributed by atoms with Crippen molar-refractivity contribution in [1.29, 1.82) is 0 Å². The summed E-state index contributed by atoms with van der Waals surface area (Å²) in [6.45, 7) is 12.5. The molecule has 0 aromatic carbocycles. The molecule has 0 fully saturated rings. The number of ether oxygens (including phenoxy) is 1. The third-order valence-corrected chi connectivity index (χ3v) is 6.28. The molecule has 0 bridgehead atoms. The van der Waals surface area contributed by atoms with E-state index in [9.17, 15) is 19.2 Å². The molecule has 0 aliphatic carbocycles. The minimum absolute atomic E-state index is 0.0858. The number of aldehydes is 1. The maximum absolute atomic E-state index is 12.4. The van der Waals surface area contributed by atoms with Crippen LogP contribution in [0.15, 0.2) is 59.8 Å². The van der Waals surface area contributed by atoms with E-state index in [1.165, 1.54) is 54.4 Å². The van der Waals surface area contributed by atoms with Crippen molar-refractivity contribution in [1.82, 2.24) is 20.9 Å². The van der Waals surface area contributed by atoms with Crippen LogP contribution in [0.5, 0.6) is 0 Å². The average molecular weight is 607 g/mol. The minimum Gasteiger partial charge on any atom is -0.464 e. The van der Waals surface area contributed by atoms with E-state index in [2.05, 4.69) is 38.8 Å². The fourth-order valence-electron chi connectivity index (χ4n) is 2.76. The van der Waals surface area contributed by atoms with Crippen molar-refractivity contribution in [3.63, 3.8) is 0 Å². The first-order chi connectivity index (χ1) is 19.6. The van der Waals surface area contributed by atoms with E-state index in [0.717, 1.165) is 38.5 Å². The van der Waals surface area contributed by atoms with E-state index in [4.69, 9.17) is 4.18 Å². The van der Waals surface area contributed by atoms with Crippen LogP contribution in [0.3, 0.4) is 0 Å². The molecule has 0 saturated heterocycles. The lowest BCUT2D eigenvalue weighted by Gasteiger charge is -2.09. The van der Waals surface area contributed by atoms with Gasteiger partial charge in [-0.3, -0.25) is 14.4 Å². The topological polar surface area (TPSA) is 136 Å². The van der Waals surface area contributed by atoms with Gasteiger partial charge in [-0.1, -0.05) is 57.2 Å². The Hall–Kier alpha value is -3.32. The van der Waals surface area contributed by atoms with Gasteiger partial charge in [-0.15, -0.1) is 11.3 Å². The van der Waals surface area contributed by atoms with Crippen LogP contribution in [-0.2, 0) is 23.3 Å². The number of hydrogen-bond donors (Lipinski definition) is 3. The molecule has 1 heterocycles. The molecule has 226 valence electrons. The molecule has 0 saturated carbocycles. The second kappa shape index (κ2) is 23.4. The Labute approximate surface area is 251 Å². The van der Waals surface area contributed by atoms with E-state index < -0.39 is 17.8 Å². The molecule has 12 heteroatoms. The predicted molar refractivity (Wildman–Crippen MR) is 167 cm³/mol. The molecular weight excluding hydrogens is 564 g/mol. The first-order valence-electron chi connectivity index (χ1n) is 13.0. The highest BCUT2D eigenvalue weighted by molar-refractivity contribution is 7.93. The Morgan fingerprint density at radius 2 is 1.80 bits per heavy atom. The smallest absolute Gasteiger partial charge is 0.353 e. The van der Waals surface area contributed by atoms with Gasteiger partial charge in [0.25, 0.3) is 11.8 Å². The zero-order valence-corrected chi connectivity index (χ0v) is 26.2. The largest absolute Gasteiger partial charge is 0.464 e. The van der Waals surface area contributed by atoms with Crippen LogP contribution in [0.1, 0.15) is 61.4 Å². The number of allylic oxidation sites excluding steroid dienone is 6. The molecule has 0 aliphatic rings. The van der Waals surface area contributed by atoms with Gasteiger partial charge in [0.1, 0.15) is 22.7 Å². The molecule has 1 rings (SSSR count). The number of thiazole rings is 1. The van der Waals surface area contributed by atoms with Gasteiger partial charge in [0.2, 0.25) is 0 Å². The first kappa shape index (κ1) is 37.7. The zero-order chi connectivity index (χ0) is 31.0. The molecule has 1 aromatic rings. The Morgan fingerprint density at radius 1 is 1.10 bits per heavy atom. The van der Waals surface area contributed by atoms with E-state index in [-0.39, 0.29) is 17.1 Å². The summed E-state index contributed by atoms with van der Waals surface area (Å²) in [6, 6.07) is 0. The fourth-order valence-corrected chi connectivity index (χ4v) is 3.85. The molecule has 1 aromatic heterocycles. The number of aromatic nitrogens is 1. The third kappa shape index (κ3) is 17.2. The highest BCUT2D eigenvalue weighted by Crippen LogP contribution is 2.22. The molecular formula is C29H42N4O6S2. The van der Waals surface area contributed by atoms with Gasteiger partial charge in [0.05, 0.1) is 19.4 Å². The normalized spacial score (nSPS) is 11.3. The highest BCUT2D eigenvalue weighted by Gasteiger charge is 2.18. The molecule has 10 nitrogen and oxygen atoms in total. The number of carbonyl (C=O) groups excluding carboxylic acids is 4. The highest BCUT2D eigenvalue weighted by atomic mass is 32.2. The molecule has 0 unspecified atom stereocenters. The van der Waals surface area contributed by atoms with Crippen LogP contribution in [0.4, 0.5) is 0 Å². The van der Waals surface area contributed by atoms with Crippen molar-refractivity contribution in [2.24, 2.45) is 0 Å². The fraction of sp³-hybridized carbons (Fsp3) is 0.414. The number of methoxy groups -OCH3 is 1. The SMILES string of the molecule is C=C(NC(=O)c1csc(C(/C=C\CC)=C/C=C(\C)C=O)n1)C(=O)NC(=C)C(=O)OC.CNCCCCCCOSC. The number of hydrogen-bond acceptors (Lipinski definition) is 10. The standard InChI is InChI=1S/C21H23N3O5S.C8H19NOS/c1-6-7-8-16(10-9-13(2)11-25)20-24-17(12-30-20)19(27)22-14(3)18(26)23-15(4)21(28)29-5;1-9-7-5-3-4-6-8-10-11-2/h7-12H,3-4,6H2,1-2,5H3,(H,22,27)(H,23,26);9H,3-8H2,1-2H3/b8-7-,13-9+,16-10+;. The number of unbranched alkanes of at least 4 members (excludes halogenated alkanes) is 3. The van der Waals surface area contributed by atoms with E-state index in [1.807, 2.05) is 32.4 Å². The summed E-state index contributed by atoms with van der Waals surface area (Å²) < 4.78 is 9.57. The number of rotatable bonds is 18. The van der Waals surface area contributed by atoms with Crippen LogP contribution in [-0.4, -0.2) is 62.6 Å². The second-order valence-corrected chi connectivity index (χ2v) is 9.79. The van der Waals surface area contributed by atoms with Crippen molar-refractivity contribution in [3.05, 3.63) is 70.5 Å². The van der Waals surface area contributed by atoms with Crippen molar-refractivity contribution < 1.29 is 28.1 Å². The van der Waals surface area contributed by atoms with E-state index >= 15 is 0 Å². The van der Waals surface area contributed by atoms with Gasteiger partial charge >= 0.3 is 5.97 Å². The Bertz CT molecular complexity index is 1100. The monoisotopic (exact) mass is 606 g/mol. The van der Waals surface area contributed by atoms with Gasteiger partial charge in [-0.25, -0.2) is 9.78 Å². The number of amides is 2. The van der Waals surface area contributed by atoms with Crippen LogP contribution in [0, 0.1) is 0 Å². The van der Waals surface area contributed by atoms with Crippen molar-refractivity contribution in [2.45, 2.75) is 46.0 Å². The zero-order valence-electron chi connectivity index (χ0n) is 24.5. The Morgan fingerprint density at radius 3 is 2.41 bits per heavy atom. The first-order valence-corrected chi connectivity index (χ1v) is 15.0. The van der Waals surface area contributed by atoms with Gasteiger partial charge in [0, 0.05) is 17.2 Å². The summed E-state index contributed by atoms with van der Waals surface area (Å²) in [5.74, 6) is -2.26. The third-order valence-electron chi connectivity index (χ3n) is 4.99. The summed E-state index contributed by atoms with van der Waals surface area (Å²) in [6.07, 6.45) is 15.8. The van der Waals surface area contributed by atoms with Crippen LogP contribution in [0.2, 0.25) is 0 Å². The molecule has 41 heavy (non-hydrogen) atoms. The average Bonchev–Trinajstić information content (AvgIpc) is 3.46. The molecule has 2 amide bonds. The molecule has 0 aliphatic heterocycles. The Balaban J connectivity index is 0.00000122. The molecule has 3 N–H and O–H groups in total. The van der Waals surface area contributed by atoms with E-state index in [1.54, 1.807) is 19.1 Å². The Kier molecular flexibility index (Phi) is 21.5. The van der Waals surface area contributed by atoms with Crippen molar-refractivity contribution in [3.8, 4) is 0 Å². The molecule has 0 radical (unpaired) electrons. The van der Waals surface area contributed by atoms with Crippen molar-refractivity contribution >= 4 is 53.0 Å². The predicted octanol–water partition coefficient (Wildman–Crippen LogP) is 4.75. The van der Waals surface area contributed by atoms with Crippen molar-refractivity contribution in [2.75, 3.05) is 33.6 Å². The minimum atomic E-state index is -0.815. The number of nitrogens with one attached hydrogen (secondary N) is 3. The number of carbonyl (C=O) groups is 4. The summed E-state index contributed by atoms with van der Waals surface area (Å²) in [5.41, 5.74) is 0.786. The van der Waals surface area contributed by atoms with Gasteiger partial charge in [-0.2, -0.15) is 0 Å². The molecule has 0 spiro atoms. The summed E-state index contributed by atoms with van der Waals surface area (Å²) >= 11 is 2.69. The number of nitrogens with zero attached hydrogens (tertiary/aromatic N) is 1. The lowest BCUT2D eigenvalue weighted by molar-refractivity contribution is -0.137. The quantitative estimate of drug-likeness (QED) is 0.0540. The van der Waals surface area contributed by atoms with E-state index in [0.29, 0.717) is 10.6 Å². The van der Waals surface area contributed by atoms with Crippen LogP contribution < -0.4 is 16.0 Å². The van der Waals surface area contributed by atoms with Crippen LogP contribution in [0.25, 0.3) is 5.57 Å². The summed E-state index contributed by atoms with van der Waals surface area (Å²) in [7, 11) is 3.14. The number of esters is 1. The van der Waals surface area contributed by atoms with Gasteiger partial charge < -0.3 is 24.9 Å². The molecule has 0 atom stereocenters. The van der Waals surface area contributed by atoms with Gasteiger partial charge in [0.15, 0.2) is 0 Å².